The van der Waals surface area contributed by atoms with Crippen molar-refractivity contribution in [2.75, 3.05) is 6.61 Å². The van der Waals surface area contributed by atoms with Crippen LogP contribution in [-0.4, -0.2) is 28.0 Å². The zero-order chi connectivity index (χ0) is 20.3. The van der Waals surface area contributed by atoms with Crippen LogP contribution in [0.3, 0.4) is 0 Å². The molecule has 0 radical (unpaired) electrons. The first-order valence-electron chi connectivity index (χ1n) is 8.63. The third-order valence-corrected chi connectivity index (χ3v) is 4.14. The molecule has 0 N–H and O–H groups in total. The molecule has 3 rings (SSSR count). The van der Waals surface area contributed by atoms with Gasteiger partial charge < -0.3 is 4.74 Å². The fourth-order valence-electron chi connectivity index (χ4n) is 2.96. The van der Waals surface area contributed by atoms with Crippen molar-refractivity contribution < 1.29 is 27.5 Å². The summed E-state index contributed by atoms with van der Waals surface area (Å²) >= 11 is 0. The third-order valence-electron chi connectivity index (χ3n) is 4.14. The molecule has 0 amide bonds. The summed E-state index contributed by atoms with van der Waals surface area (Å²) in [6, 6.07) is 6.66. The first-order valence-corrected chi connectivity index (χ1v) is 8.63. The Morgan fingerprint density at radius 1 is 1.18 bits per heavy atom. The van der Waals surface area contributed by atoms with Gasteiger partial charge in [-0.15, -0.1) is 0 Å². The molecule has 28 heavy (non-hydrogen) atoms. The number of fused-ring (bicyclic) bond motifs is 1. The largest absolute Gasteiger partial charge is 0.465 e. The smallest absolute Gasteiger partial charge is 0.417 e. The number of halogens is 3. The van der Waals surface area contributed by atoms with Crippen LogP contribution in [0.1, 0.15) is 34.8 Å². The second kappa shape index (κ2) is 7.84. The lowest BCUT2D eigenvalue weighted by Crippen LogP contribution is -2.11. The molecule has 0 saturated heterocycles. The molecule has 8 heteroatoms. The standard InChI is InChI=1S/C20H17F3N2O3/c1-2-9-28-17(26)10-14-12-25(19(27)13-5-4-8-24-11-13)16-7-3-6-15(18(14)16)20(21,22)23/h3-8,11-12H,2,9-10H2,1H3. The van der Waals surface area contributed by atoms with Crippen LogP contribution >= 0.6 is 0 Å². The molecule has 0 fully saturated rings. The Hall–Kier alpha value is -3.16. The van der Waals surface area contributed by atoms with Gasteiger partial charge in [-0.1, -0.05) is 13.0 Å². The van der Waals surface area contributed by atoms with Gasteiger partial charge in [-0.05, 0) is 36.2 Å². The summed E-state index contributed by atoms with van der Waals surface area (Å²) in [6.07, 6.45) is -0.316. The van der Waals surface area contributed by atoms with Gasteiger partial charge in [0.2, 0.25) is 0 Å². The summed E-state index contributed by atoms with van der Waals surface area (Å²) < 4.78 is 46.8. The minimum atomic E-state index is -4.63. The van der Waals surface area contributed by atoms with Crippen LogP contribution in [0.5, 0.6) is 0 Å². The molecular weight excluding hydrogens is 373 g/mol. The number of carbonyl (C=O) groups is 2. The lowest BCUT2D eigenvalue weighted by atomic mass is 10.0. The Labute approximate surface area is 158 Å². The van der Waals surface area contributed by atoms with Gasteiger partial charge in [0, 0.05) is 24.0 Å². The fraction of sp³-hybridized carbons (Fsp3) is 0.250. The number of benzene rings is 1. The van der Waals surface area contributed by atoms with E-state index in [4.69, 9.17) is 4.74 Å². The summed E-state index contributed by atoms with van der Waals surface area (Å²) in [5, 5.41) is -0.180. The fourth-order valence-corrected chi connectivity index (χ4v) is 2.96. The van der Waals surface area contributed by atoms with Gasteiger partial charge in [0.25, 0.3) is 5.91 Å². The van der Waals surface area contributed by atoms with Crippen molar-refractivity contribution in [3.05, 3.63) is 65.6 Å². The van der Waals surface area contributed by atoms with E-state index < -0.39 is 23.6 Å². The van der Waals surface area contributed by atoms with Crippen LogP contribution in [0.15, 0.2) is 48.9 Å². The van der Waals surface area contributed by atoms with E-state index in [1.807, 2.05) is 6.92 Å². The minimum Gasteiger partial charge on any atom is -0.465 e. The van der Waals surface area contributed by atoms with E-state index in [0.717, 1.165) is 10.6 Å². The lowest BCUT2D eigenvalue weighted by molar-refractivity contribution is -0.143. The monoisotopic (exact) mass is 390 g/mol. The van der Waals surface area contributed by atoms with E-state index in [9.17, 15) is 22.8 Å². The average molecular weight is 390 g/mol. The molecule has 0 aliphatic heterocycles. The topological polar surface area (TPSA) is 61.2 Å². The average Bonchev–Trinajstić information content (AvgIpc) is 3.04. The quantitative estimate of drug-likeness (QED) is 0.612. The predicted octanol–water partition coefficient (Wildman–Crippen LogP) is 4.24. The van der Waals surface area contributed by atoms with Crippen molar-refractivity contribution in [2.24, 2.45) is 0 Å². The summed E-state index contributed by atoms with van der Waals surface area (Å²) in [5.41, 5.74) is -0.527. The van der Waals surface area contributed by atoms with Gasteiger partial charge >= 0.3 is 12.1 Å². The number of aromatic nitrogens is 2. The summed E-state index contributed by atoms with van der Waals surface area (Å²) in [5.74, 6) is -1.18. The number of alkyl halides is 3. The molecule has 2 heterocycles. The lowest BCUT2D eigenvalue weighted by Gasteiger charge is -2.10. The van der Waals surface area contributed by atoms with Gasteiger partial charge in [0.05, 0.1) is 29.7 Å². The number of hydrogen-bond acceptors (Lipinski definition) is 4. The van der Waals surface area contributed by atoms with Crippen LogP contribution in [-0.2, 0) is 22.1 Å². The number of ether oxygens (including phenoxy) is 1. The van der Waals surface area contributed by atoms with Crippen LogP contribution in [0.25, 0.3) is 10.9 Å². The number of pyridine rings is 1. The van der Waals surface area contributed by atoms with Crippen molar-refractivity contribution in [3.63, 3.8) is 0 Å². The Morgan fingerprint density at radius 2 is 1.96 bits per heavy atom. The summed E-state index contributed by atoms with van der Waals surface area (Å²) in [4.78, 5) is 28.7. The minimum absolute atomic E-state index is 0.0713. The molecule has 0 atom stereocenters. The zero-order valence-corrected chi connectivity index (χ0v) is 15.0. The van der Waals surface area contributed by atoms with E-state index in [2.05, 4.69) is 4.98 Å². The van der Waals surface area contributed by atoms with Gasteiger partial charge in [-0.2, -0.15) is 13.2 Å². The molecule has 0 saturated carbocycles. The van der Waals surface area contributed by atoms with Crippen LogP contribution < -0.4 is 0 Å². The maximum atomic E-state index is 13.6. The van der Waals surface area contributed by atoms with E-state index in [0.29, 0.717) is 6.42 Å². The highest BCUT2D eigenvalue weighted by Crippen LogP contribution is 2.37. The Morgan fingerprint density at radius 3 is 2.61 bits per heavy atom. The van der Waals surface area contributed by atoms with Crippen LogP contribution in [0, 0.1) is 0 Å². The number of esters is 1. The zero-order valence-electron chi connectivity index (χ0n) is 15.0. The highest BCUT2D eigenvalue weighted by molar-refractivity contribution is 6.04. The van der Waals surface area contributed by atoms with E-state index in [-0.39, 0.29) is 35.1 Å². The molecule has 5 nitrogen and oxygen atoms in total. The molecule has 0 bridgehead atoms. The molecular formula is C20H17F3N2O3. The molecule has 2 aromatic heterocycles. The van der Waals surface area contributed by atoms with E-state index in [1.165, 1.54) is 36.8 Å². The van der Waals surface area contributed by atoms with Crippen molar-refractivity contribution in [3.8, 4) is 0 Å². The SMILES string of the molecule is CCCOC(=O)Cc1cn(C(=O)c2cccnc2)c2cccc(C(F)(F)F)c12. The van der Waals surface area contributed by atoms with Crippen molar-refractivity contribution in [1.29, 1.82) is 0 Å². The molecule has 0 spiro atoms. The second-order valence-corrected chi connectivity index (χ2v) is 6.17. The van der Waals surface area contributed by atoms with Crippen molar-refractivity contribution in [1.82, 2.24) is 9.55 Å². The number of nitrogens with zero attached hydrogens (tertiary/aromatic N) is 2. The normalized spacial score (nSPS) is 11.6. The maximum absolute atomic E-state index is 13.6. The molecule has 1 aromatic carbocycles. The maximum Gasteiger partial charge on any atom is 0.417 e. The Kier molecular flexibility index (Phi) is 5.48. The van der Waals surface area contributed by atoms with E-state index in [1.54, 1.807) is 6.07 Å². The van der Waals surface area contributed by atoms with E-state index >= 15 is 0 Å². The number of hydrogen-bond donors (Lipinski definition) is 0. The second-order valence-electron chi connectivity index (χ2n) is 6.17. The molecule has 0 aliphatic carbocycles. The van der Waals surface area contributed by atoms with Crippen molar-refractivity contribution >= 4 is 22.8 Å². The Balaban J connectivity index is 2.15. The highest BCUT2D eigenvalue weighted by atomic mass is 19.4. The predicted molar refractivity (Wildman–Crippen MR) is 95.9 cm³/mol. The molecule has 3 aromatic rings. The molecule has 0 aliphatic rings. The van der Waals surface area contributed by atoms with Crippen molar-refractivity contribution in [2.45, 2.75) is 25.9 Å². The van der Waals surface area contributed by atoms with Gasteiger partial charge in [0.15, 0.2) is 0 Å². The number of carbonyl (C=O) groups excluding carboxylic acids is 2. The summed E-state index contributed by atoms with van der Waals surface area (Å²) in [6.45, 7) is 1.99. The third kappa shape index (κ3) is 3.90. The summed E-state index contributed by atoms with van der Waals surface area (Å²) in [7, 11) is 0. The molecule has 0 unspecified atom stereocenters. The first kappa shape index (κ1) is 19.6. The molecule has 146 valence electrons. The first-order chi connectivity index (χ1) is 13.3. The van der Waals surface area contributed by atoms with Gasteiger partial charge in [-0.25, -0.2) is 0 Å². The highest BCUT2D eigenvalue weighted by Gasteiger charge is 2.35. The van der Waals surface area contributed by atoms with Gasteiger partial charge in [0.1, 0.15) is 0 Å². The van der Waals surface area contributed by atoms with Crippen LogP contribution in [0.4, 0.5) is 13.2 Å². The van der Waals surface area contributed by atoms with Crippen LogP contribution in [0.2, 0.25) is 0 Å². The van der Waals surface area contributed by atoms with Gasteiger partial charge in [-0.3, -0.25) is 19.1 Å². The number of rotatable bonds is 5. The Bertz CT molecular complexity index is 1010.